The Morgan fingerprint density at radius 2 is 1.92 bits per heavy atom. The molecule has 0 saturated carbocycles. The Bertz CT molecular complexity index is 952. The fraction of sp³-hybridized carbons (Fsp3) is 0.105. The molecule has 132 valence electrons. The molecule has 0 spiro atoms. The summed E-state index contributed by atoms with van der Waals surface area (Å²) >= 11 is 5.18. The van der Waals surface area contributed by atoms with Gasteiger partial charge in [-0.05, 0) is 54.5 Å². The normalized spacial score (nSPS) is 16.0. The second-order valence-corrected chi connectivity index (χ2v) is 6.06. The van der Waals surface area contributed by atoms with Crippen molar-refractivity contribution in [3.63, 3.8) is 0 Å². The number of benzene rings is 2. The number of nitrogens with one attached hydrogen (secondary N) is 1. The van der Waals surface area contributed by atoms with Gasteiger partial charge in [0, 0.05) is 0 Å². The smallest absolute Gasteiger partial charge is 0.270 e. The Kier molecular flexibility index (Phi) is 4.73. The molecule has 2 aromatic rings. The van der Waals surface area contributed by atoms with Crippen molar-refractivity contribution in [3.05, 3.63) is 59.2 Å². The van der Waals surface area contributed by atoms with E-state index in [0.717, 1.165) is 5.56 Å². The largest absolute Gasteiger partial charge is 0.504 e. The van der Waals surface area contributed by atoms with Crippen LogP contribution in [0.1, 0.15) is 11.1 Å². The van der Waals surface area contributed by atoms with Gasteiger partial charge in [0.05, 0.1) is 12.8 Å². The van der Waals surface area contributed by atoms with Crippen molar-refractivity contribution in [2.75, 3.05) is 12.0 Å². The summed E-state index contributed by atoms with van der Waals surface area (Å²) in [5.41, 5.74) is 1.86. The van der Waals surface area contributed by atoms with E-state index in [4.69, 9.17) is 17.0 Å². The predicted molar refractivity (Wildman–Crippen MR) is 102 cm³/mol. The van der Waals surface area contributed by atoms with Crippen molar-refractivity contribution < 1.29 is 19.4 Å². The van der Waals surface area contributed by atoms with Crippen LogP contribution in [-0.2, 0) is 9.59 Å². The maximum absolute atomic E-state index is 12.9. The van der Waals surface area contributed by atoms with Crippen LogP contribution in [0.25, 0.3) is 6.08 Å². The van der Waals surface area contributed by atoms with Gasteiger partial charge in [-0.15, -0.1) is 0 Å². The van der Waals surface area contributed by atoms with Gasteiger partial charge in [0.15, 0.2) is 16.6 Å². The van der Waals surface area contributed by atoms with Gasteiger partial charge in [-0.1, -0.05) is 24.3 Å². The van der Waals surface area contributed by atoms with Crippen molar-refractivity contribution in [1.29, 1.82) is 0 Å². The molecule has 2 amide bonds. The van der Waals surface area contributed by atoms with Gasteiger partial charge in [-0.2, -0.15) is 0 Å². The molecule has 6 nitrogen and oxygen atoms in total. The highest BCUT2D eigenvalue weighted by atomic mass is 32.1. The zero-order chi connectivity index (χ0) is 18.8. The molecule has 0 atom stereocenters. The van der Waals surface area contributed by atoms with E-state index in [-0.39, 0.29) is 16.4 Å². The molecule has 1 aliphatic rings. The lowest BCUT2D eigenvalue weighted by molar-refractivity contribution is -0.122. The predicted octanol–water partition coefficient (Wildman–Crippen LogP) is 2.54. The molecule has 1 heterocycles. The summed E-state index contributed by atoms with van der Waals surface area (Å²) in [5.74, 6) is -0.894. The highest BCUT2D eigenvalue weighted by molar-refractivity contribution is 7.80. The molecular formula is C19H16N2O4S. The van der Waals surface area contributed by atoms with Crippen LogP contribution in [0, 0.1) is 6.92 Å². The van der Waals surface area contributed by atoms with Gasteiger partial charge in [-0.25, -0.2) is 0 Å². The molecule has 0 unspecified atom stereocenters. The first-order chi connectivity index (χ1) is 12.4. The summed E-state index contributed by atoms with van der Waals surface area (Å²) in [6, 6.07) is 11.9. The minimum atomic E-state index is -0.583. The number of carbonyl (C=O) groups is 2. The highest BCUT2D eigenvalue weighted by Gasteiger charge is 2.35. The zero-order valence-corrected chi connectivity index (χ0v) is 15.0. The van der Waals surface area contributed by atoms with Crippen LogP contribution in [0.4, 0.5) is 5.69 Å². The van der Waals surface area contributed by atoms with Gasteiger partial charge in [-0.3, -0.25) is 19.8 Å². The number of nitrogens with zero attached hydrogens (tertiary/aromatic N) is 1. The van der Waals surface area contributed by atoms with Gasteiger partial charge < -0.3 is 9.84 Å². The molecule has 0 radical (unpaired) electrons. The van der Waals surface area contributed by atoms with E-state index in [0.29, 0.717) is 17.0 Å². The van der Waals surface area contributed by atoms with Crippen LogP contribution in [0.15, 0.2) is 48.0 Å². The number of amides is 2. The third-order valence-electron chi connectivity index (χ3n) is 3.97. The number of anilines is 1. The lowest BCUT2D eigenvalue weighted by atomic mass is 10.1. The summed E-state index contributed by atoms with van der Waals surface area (Å²) in [5, 5.41) is 12.5. The number of aromatic hydroxyl groups is 1. The molecule has 0 aromatic heterocycles. The second kappa shape index (κ2) is 6.97. The summed E-state index contributed by atoms with van der Waals surface area (Å²) in [6.45, 7) is 1.85. The number of phenolic OH excluding ortho intramolecular Hbond substituents is 1. The first-order valence-electron chi connectivity index (χ1n) is 7.76. The van der Waals surface area contributed by atoms with Gasteiger partial charge in [0.25, 0.3) is 11.8 Å². The number of rotatable bonds is 3. The molecule has 1 fully saturated rings. The average molecular weight is 368 g/mol. The summed E-state index contributed by atoms with van der Waals surface area (Å²) in [7, 11) is 1.44. The molecule has 0 bridgehead atoms. The summed E-state index contributed by atoms with van der Waals surface area (Å²) in [6.07, 6.45) is 1.41. The molecule has 3 rings (SSSR count). The Morgan fingerprint density at radius 1 is 1.19 bits per heavy atom. The number of phenols is 1. The zero-order valence-electron chi connectivity index (χ0n) is 14.1. The molecule has 1 saturated heterocycles. The molecular weight excluding hydrogens is 352 g/mol. The first-order valence-corrected chi connectivity index (χ1v) is 8.17. The van der Waals surface area contributed by atoms with E-state index in [1.54, 1.807) is 24.3 Å². The second-order valence-electron chi connectivity index (χ2n) is 5.68. The molecule has 2 aromatic carbocycles. The number of hydrogen-bond donors (Lipinski definition) is 2. The minimum absolute atomic E-state index is 0.0315. The van der Waals surface area contributed by atoms with Crippen LogP contribution in [0.2, 0.25) is 0 Å². The lowest BCUT2D eigenvalue weighted by Crippen LogP contribution is -2.54. The fourth-order valence-corrected chi connectivity index (χ4v) is 2.93. The highest BCUT2D eigenvalue weighted by Crippen LogP contribution is 2.29. The van der Waals surface area contributed by atoms with Crippen molar-refractivity contribution in [3.8, 4) is 11.5 Å². The maximum Gasteiger partial charge on any atom is 0.270 e. The number of aryl methyl sites for hydroxylation is 1. The van der Waals surface area contributed by atoms with Crippen molar-refractivity contribution >= 4 is 40.9 Å². The van der Waals surface area contributed by atoms with E-state index >= 15 is 0 Å². The van der Waals surface area contributed by atoms with Crippen LogP contribution >= 0.6 is 12.2 Å². The van der Waals surface area contributed by atoms with Crippen LogP contribution in [-0.4, -0.2) is 29.1 Å². The summed E-state index contributed by atoms with van der Waals surface area (Å²) in [4.78, 5) is 26.5. The number of hydrogen-bond acceptors (Lipinski definition) is 5. The van der Waals surface area contributed by atoms with Gasteiger partial charge in [0.2, 0.25) is 0 Å². The molecule has 0 aliphatic carbocycles. The quantitative estimate of drug-likeness (QED) is 0.495. The third kappa shape index (κ3) is 3.16. The van der Waals surface area contributed by atoms with Crippen LogP contribution < -0.4 is 15.0 Å². The maximum atomic E-state index is 12.9. The van der Waals surface area contributed by atoms with Crippen LogP contribution in [0.5, 0.6) is 11.5 Å². The van der Waals surface area contributed by atoms with Gasteiger partial charge in [0.1, 0.15) is 5.57 Å². The molecule has 26 heavy (non-hydrogen) atoms. The SMILES string of the molecule is COc1ccc(/C=C2\C(=O)NC(=S)N(c3ccccc3C)C2=O)cc1O. The molecule has 1 aliphatic heterocycles. The lowest BCUT2D eigenvalue weighted by Gasteiger charge is -2.30. The molecule has 7 heteroatoms. The minimum Gasteiger partial charge on any atom is -0.504 e. The van der Waals surface area contributed by atoms with Crippen LogP contribution in [0.3, 0.4) is 0 Å². The third-order valence-corrected chi connectivity index (χ3v) is 4.26. The number of carbonyl (C=O) groups excluding carboxylic acids is 2. The van der Waals surface area contributed by atoms with Crippen molar-refractivity contribution in [2.24, 2.45) is 0 Å². The number of para-hydroxylation sites is 1. The van der Waals surface area contributed by atoms with Crippen molar-refractivity contribution in [1.82, 2.24) is 5.32 Å². The van der Waals surface area contributed by atoms with E-state index in [1.807, 2.05) is 19.1 Å². The fourth-order valence-electron chi connectivity index (χ4n) is 2.65. The Labute approximate surface area is 155 Å². The number of thiocarbonyl (C=S) groups is 1. The van der Waals surface area contributed by atoms with E-state index < -0.39 is 11.8 Å². The molecule has 2 N–H and O–H groups in total. The topological polar surface area (TPSA) is 78.9 Å². The number of methoxy groups -OCH3 is 1. The van der Waals surface area contributed by atoms with Crippen molar-refractivity contribution in [2.45, 2.75) is 6.92 Å². The number of ether oxygens (including phenoxy) is 1. The van der Waals surface area contributed by atoms with Gasteiger partial charge >= 0.3 is 0 Å². The Hall–Kier alpha value is -3.19. The summed E-state index contributed by atoms with van der Waals surface area (Å²) < 4.78 is 4.99. The standard InChI is InChI=1S/C19H16N2O4S/c1-11-5-3-4-6-14(11)21-18(24)13(17(23)20-19(21)26)9-12-7-8-16(25-2)15(22)10-12/h3-10,22H,1-2H3,(H,20,23,26)/b13-9+. The van der Waals surface area contributed by atoms with E-state index in [9.17, 15) is 14.7 Å². The van der Waals surface area contributed by atoms with E-state index in [1.165, 1.54) is 24.2 Å². The van der Waals surface area contributed by atoms with E-state index in [2.05, 4.69) is 5.32 Å². The first kappa shape index (κ1) is 17.6. The average Bonchev–Trinajstić information content (AvgIpc) is 2.60. The monoisotopic (exact) mass is 368 g/mol. The Balaban J connectivity index is 2.03. The Morgan fingerprint density at radius 3 is 2.58 bits per heavy atom.